The lowest BCUT2D eigenvalue weighted by Gasteiger charge is -2.27. The van der Waals surface area contributed by atoms with Gasteiger partial charge in [-0.2, -0.15) is 5.26 Å². The van der Waals surface area contributed by atoms with E-state index < -0.39 is 11.9 Å². The van der Waals surface area contributed by atoms with Crippen molar-refractivity contribution in [3.63, 3.8) is 0 Å². The quantitative estimate of drug-likeness (QED) is 0.149. The van der Waals surface area contributed by atoms with Crippen LogP contribution in [0, 0.1) is 25.2 Å². The van der Waals surface area contributed by atoms with Gasteiger partial charge in [0.15, 0.2) is 18.1 Å². The monoisotopic (exact) mass is 610 g/mol. The zero-order chi connectivity index (χ0) is 31.2. The molecule has 0 saturated heterocycles. The van der Waals surface area contributed by atoms with E-state index >= 15 is 0 Å². The number of carbonyl (C=O) groups is 1. The van der Waals surface area contributed by atoms with Crippen molar-refractivity contribution in [2.45, 2.75) is 33.3 Å². The number of carbonyl (C=O) groups excluding carboxylic acids is 1. The molecule has 0 amide bonds. The average molecular weight is 611 g/mol. The molecule has 224 valence electrons. The van der Waals surface area contributed by atoms with Gasteiger partial charge < -0.3 is 29.4 Å². The maximum atomic E-state index is 12.5. The maximum absolute atomic E-state index is 12.5. The molecule has 1 aliphatic rings. The van der Waals surface area contributed by atoms with Gasteiger partial charge in [0.2, 0.25) is 5.88 Å². The molecule has 1 atom stereocenters. The standard InChI is InChI=1S/C35H31ClN2O6/c1-4-40-32-16-24(8-14-30(32)42-19-23-6-9-25(36)10-7-23)34-28-13-12-27(17-31(28)44-35(38)29(34)18-37)43-33(39)20-41-26-11-5-21(2)22(3)15-26/h5-17,34H,4,19-20,38H2,1-3H3. The Bertz CT molecular complexity index is 1760. The van der Waals surface area contributed by atoms with E-state index in [4.69, 9.17) is 41.0 Å². The third kappa shape index (κ3) is 6.91. The van der Waals surface area contributed by atoms with Crippen LogP contribution >= 0.6 is 11.6 Å². The molecular formula is C35H31ClN2O6. The van der Waals surface area contributed by atoms with Gasteiger partial charge in [-0.1, -0.05) is 41.9 Å². The van der Waals surface area contributed by atoms with Crippen LogP contribution in [0.5, 0.6) is 28.7 Å². The highest BCUT2D eigenvalue weighted by Crippen LogP contribution is 2.45. The molecule has 0 aliphatic carbocycles. The Morgan fingerprint density at radius 3 is 2.41 bits per heavy atom. The van der Waals surface area contributed by atoms with Crippen LogP contribution in [0.25, 0.3) is 0 Å². The van der Waals surface area contributed by atoms with Crippen molar-refractivity contribution in [1.29, 1.82) is 5.26 Å². The minimum absolute atomic E-state index is 0.0347. The average Bonchev–Trinajstić information content (AvgIpc) is 3.01. The number of allylic oxidation sites excluding steroid dienone is 1. The van der Waals surface area contributed by atoms with Gasteiger partial charge in [-0.3, -0.25) is 0 Å². The van der Waals surface area contributed by atoms with Crippen molar-refractivity contribution in [1.82, 2.24) is 0 Å². The van der Waals surface area contributed by atoms with Crippen LogP contribution < -0.4 is 29.4 Å². The SMILES string of the molecule is CCOc1cc(C2C(C#N)=C(N)Oc3cc(OC(=O)COc4ccc(C)c(C)c4)ccc32)ccc1OCc1ccc(Cl)cc1. The maximum Gasteiger partial charge on any atom is 0.349 e. The van der Waals surface area contributed by atoms with E-state index in [1.165, 1.54) is 0 Å². The molecule has 0 spiro atoms. The Morgan fingerprint density at radius 2 is 1.68 bits per heavy atom. The number of fused-ring (bicyclic) bond motifs is 1. The molecule has 44 heavy (non-hydrogen) atoms. The molecular weight excluding hydrogens is 580 g/mol. The number of hydrogen-bond acceptors (Lipinski definition) is 8. The first-order valence-electron chi connectivity index (χ1n) is 14.0. The summed E-state index contributed by atoms with van der Waals surface area (Å²) in [6.45, 7) is 6.33. The molecule has 1 unspecified atom stereocenters. The normalized spacial score (nSPS) is 13.8. The number of nitrogens with zero attached hydrogens (tertiary/aromatic N) is 1. The fourth-order valence-corrected chi connectivity index (χ4v) is 4.91. The molecule has 2 N–H and O–H groups in total. The third-order valence-corrected chi connectivity index (χ3v) is 7.42. The Labute approximate surface area is 261 Å². The van der Waals surface area contributed by atoms with Crippen LogP contribution in [-0.4, -0.2) is 19.2 Å². The summed E-state index contributed by atoms with van der Waals surface area (Å²) < 4.78 is 28.9. The molecule has 1 heterocycles. The highest BCUT2D eigenvalue weighted by atomic mass is 35.5. The lowest BCUT2D eigenvalue weighted by molar-refractivity contribution is -0.136. The Morgan fingerprint density at radius 1 is 0.909 bits per heavy atom. The molecule has 0 saturated carbocycles. The van der Waals surface area contributed by atoms with Gasteiger partial charge in [-0.05, 0) is 85.5 Å². The molecule has 1 aliphatic heterocycles. The van der Waals surface area contributed by atoms with Crippen molar-refractivity contribution in [3.05, 3.63) is 123 Å². The van der Waals surface area contributed by atoms with Gasteiger partial charge in [0.05, 0.1) is 12.5 Å². The van der Waals surface area contributed by atoms with E-state index in [-0.39, 0.29) is 23.8 Å². The van der Waals surface area contributed by atoms with Gasteiger partial charge in [-0.15, -0.1) is 0 Å². The summed E-state index contributed by atoms with van der Waals surface area (Å²) in [5, 5.41) is 10.7. The minimum atomic E-state index is -0.577. The van der Waals surface area contributed by atoms with Gasteiger partial charge in [-0.25, -0.2) is 4.79 Å². The van der Waals surface area contributed by atoms with Crippen LogP contribution in [0.4, 0.5) is 0 Å². The molecule has 5 rings (SSSR count). The van der Waals surface area contributed by atoms with E-state index in [0.29, 0.717) is 46.8 Å². The van der Waals surface area contributed by atoms with Crippen molar-refractivity contribution < 1.29 is 28.5 Å². The second kappa shape index (κ2) is 13.4. The molecule has 0 radical (unpaired) electrons. The van der Waals surface area contributed by atoms with Crippen LogP contribution in [0.1, 0.15) is 40.7 Å². The topological polar surface area (TPSA) is 113 Å². The number of aryl methyl sites for hydroxylation is 2. The molecule has 0 aromatic heterocycles. The fourth-order valence-electron chi connectivity index (χ4n) is 4.78. The number of nitriles is 1. The van der Waals surface area contributed by atoms with Crippen LogP contribution in [-0.2, 0) is 11.4 Å². The zero-order valence-electron chi connectivity index (χ0n) is 24.6. The van der Waals surface area contributed by atoms with E-state index in [1.54, 1.807) is 24.3 Å². The first-order chi connectivity index (χ1) is 21.2. The fraction of sp³-hybridized carbons (Fsp3) is 0.200. The van der Waals surface area contributed by atoms with Crippen molar-refractivity contribution in [3.8, 4) is 34.8 Å². The predicted octanol–water partition coefficient (Wildman–Crippen LogP) is 7.14. The van der Waals surface area contributed by atoms with E-state index in [2.05, 4.69) is 6.07 Å². The summed E-state index contributed by atoms with van der Waals surface area (Å²) in [7, 11) is 0. The number of halogens is 1. The summed E-state index contributed by atoms with van der Waals surface area (Å²) in [6.07, 6.45) is 0. The summed E-state index contributed by atoms with van der Waals surface area (Å²) in [6, 6.07) is 25.7. The number of nitrogens with two attached hydrogens (primary N) is 1. The van der Waals surface area contributed by atoms with E-state index in [9.17, 15) is 10.1 Å². The van der Waals surface area contributed by atoms with E-state index in [1.807, 2.05) is 75.4 Å². The highest BCUT2D eigenvalue weighted by Gasteiger charge is 2.32. The van der Waals surface area contributed by atoms with E-state index in [0.717, 1.165) is 22.3 Å². The largest absolute Gasteiger partial charge is 0.490 e. The zero-order valence-corrected chi connectivity index (χ0v) is 25.3. The number of hydrogen-bond donors (Lipinski definition) is 1. The molecule has 8 nitrogen and oxygen atoms in total. The highest BCUT2D eigenvalue weighted by molar-refractivity contribution is 6.30. The van der Waals surface area contributed by atoms with Crippen LogP contribution in [0.3, 0.4) is 0 Å². The Kier molecular flexibility index (Phi) is 9.27. The Hall–Kier alpha value is -5.13. The van der Waals surface area contributed by atoms with Gasteiger partial charge in [0.1, 0.15) is 35.5 Å². The number of ether oxygens (including phenoxy) is 5. The van der Waals surface area contributed by atoms with Gasteiger partial charge in [0.25, 0.3) is 0 Å². The van der Waals surface area contributed by atoms with Crippen molar-refractivity contribution >= 4 is 17.6 Å². The number of rotatable bonds is 10. The molecule has 4 aromatic carbocycles. The Balaban J connectivity index is 1.36. The summed E-state index contributed by atoms with van der Waals surface area (Å²) in [5.41, 5.74) is 11.0. The molecule has 0 bridgehead atoms. The molecule has 0 fully saturated rings. The van der Waals surface area contributed by atoms with Gasteiger partial charge >= 0.3 is 5.97 Å². The number of benzene rings is 4. The third-order valence-electron chi connectivity index (χ3n) is 7.17. The number of esters is 1. The summed E-state index contributed by atoms with van der Waals surface area (Å²) in [4.78, 5) is 12.5. The van der Waals surface area contributed by atoms with Crippen LogP contribution in [0.15, 0.2) is 90.3 Å². The molecule has 4 aromatic rings. The lowest BCUT2D eigenvalue weighted by Crippen LogP contribution is -2.22. The van der Waals surface area contributed by atoms with Crippen molar-refractivity contribution in [2.75, 3.05) is 13.2 Å². The smallest absolute Gasteiger partial charge is 0.349 e. The second-order valence-corrected chi connectivity index (χ2v) is 10.6. The summed E-state index contributed by atoms with van der Waals surface area (Å²) >= 11 is 6.00. The summed E-state index contributed by atoms with van der Waals surface area (Å²) in [5.74, 6) is 1.12. The second-order valence-electron chi connectivity index (χ2n) is 10.2. The van der Waals surface area contributed by atoms with Crippen molar-refractivity contribution in [2.24, 2.45) is 5.73 Å². The minimum Gasteiger partial charge on any atom is -0.490 e. The first kappa shape index (κ1) is 30.3. The van der Waals surface area contributed by atoms with Gasteiger partial charge in [0, 0.05) is 16.7 Å². The van der Waals surface area contributed by atoms with Crippen LogP contribution in [0.2, 0.25) is 5.02 Å². The predicted molar refractivity (Wildman–Crippen MR) is 166 cm³/mol. The lowest BCUT2D eigenvalue weighted by atomic mass is 9.83. The first-order valence-corrected chi connectivity index (χ1v) is 14.4. The molecule has 9 heteroatoms.